The monoisotopic (exact) mass is 285 g/mol. The smallest absolute Gasteiger partial charge is 0.179 e. The van der Waals surface area contributed by atoms with Crippen molar-refractivity contribution < 1.29 is 9.47 Å². The molecular formula is C15H24ClNO2. The van der Waals surface area contributed by atoms with Crippen molar-refractivity contribution in [2.75, 3.05) is 14.2 Å². The van der Waals surface area contributed by atoms with Crippen LogP contribution in [0.4, 0.5) is 0 Å². The average molecular weight is 286 g/mol. The minimum Gasteiger partial charge on any atom is -0.493 e. The van der Waals surface area contributed by atoms with Crippen molar-refractivity contribution in [1.82, 2.24) is 5.32 Å². The summed E-state index contributed by atoms with van der Waals surface area (Å²) in [4.78, 5) is 0. The lowest BCUT2D eigenvalue weighted by atomic mass is 10.0. The van der Waals surface area contributed by atoms with Crippen LogP contribution in [0.1, 0.15) is 32.8 Å². The number of methoxy groups -OCH3 is 2. The minimum atomic E-state index is 0.462. The largest absolute Gasteiger partial charge is 0.493 e. The first-order valence-corrected chi connectivity index (χ1v) is 7.00. The van der Waals surface area contributed by atoms with Gasteiger partial charge in [-0.25, -0.2) is 0 Å². The first-order valence-electron chi connectivity index (χ1n) is 6.62. The first kappa shape index (κ1) is 16.1. The molecule has 1 atom stereocenters. The van der Waals surface area contributed by atoms with Gasteiger partial charge in [0.2, 0.25) is 0 Å². The molecule has 0 heterocycles. The van der Waals surface area contributed by atoms with Gasteiger partial charge in [-0.1, -0.05) is 31.5 Å². The van der Waals surface area contributed by atoms with Crippen LogP contribution >= 0.6 is 11.6 Å². The first-order chi connectivity index (χ1) is 8.99. The molecule has 1 rings (SSSR count). The summed E-state index contributed by atoms with van der Waals surface area (Å²) in [5, 5.41) is 4.10. The third kappa shape index (κ3) is 4.59. The fourth-order valence-corrected chi connectivity index (χ4v) is 2.44. The van der Waals surface area contributed by atoms with Gasteiger partial charge in [0.05, 0.1) is 19.2 Å². The molecule has 0 saturated carbocycles. The highest BCUT2D eigenvalue weighted by Gasteiger charge is 2.13. The van der Waals surface area contributed by atoms with Crippen molar-refractivity contribution >= 4 is 11.6 Å². The van der Waals surface area contributed by atoms with Gasteiger partial charge < -0.3 is 14.8 Å². The van der Waals surface area contributed by atoms with E-state index < -0.39 is 0 Å². The zero-order valence-electron chi connectivity index (χ0n) is 12.4. The molecule has 1 aromatic rings. The molecule has 0 aliphatic heterocycles. The third-order valence-corrected chi connectivity index (χ3v) is 3.45. The Balaban J connectivity index is 2.74. The summed E-state index contributed by atoms with van der Waals surface area (Å²) in [6.07, 6.45) is 1.14. The van der Waals surface area contributed by atoms with Crippen molar-refractivity contribution in [2.24, 2.45) is 5.92 Å². The quantitative estimate of drug-likeness (QED) is 0.825. The number of nitrogens with one attached hydrogen (secondary N) is 1. The van der Waals surface area contributed by atoms with E-state index in [0.29, 0.717) is 28.5 Å². The summed E-state index contributed by atoms with van der Waals surface area (Å²) < 4.78 is 10.5. The number of halogens is 1. The molecule has 0 fully saturated rings. The zero-order chi connectivity index (χ0) is 14.4. The number of ether oxygens (including phenoxy) is 2. The molecule has 1 unspecified atom stereocenters. The van der Waals surface area contributed by atoms with Gasteiger partial charge in [0.15, 0.2) is 11.5 Å². The van der Waals surface area contributed by atoms with Gasteiger partial charge in [-0.15, -0.1) is 0 Å². The van der Waals surface area contributed by atoms with Crippen LogP contribution < -0.4 is 14.8 Å². The summed E-state index contributed by atoms with van der Waals surface area (Å²) in [6, 6.07) is 4.32. The topological polar surface area (TPSA) is 30.5 Å². The van der Waals surface area contributed by atoms with Crippen LogP contribution in [0.2, 0.25) is 5.02 Å². The highest BCUT2D eigenvalue weighted by molar-refractivity contribution is 6.33. The van der Waals surface area contributed by atoms with Crippen LogP contribution in [0, 0.1) is 5.92 Å². The Bertz CT molecular complexity index is 407. The molecule has 0 aromatic heterocycles. The van der Waals surface area contributed by atoms with Gasteiger partial charge >= 0.3 is 0 Å². The van der Waals surface area contributed by atoms with Crippen molar-refractivity contribution in [2.45, 2.75) is 39.8 Å². The van der Waals surface area contributed by atoms with Crippen LogP contribution in [0.15, 0.2) is 12.1 Å². The molecule has 108 valence electrons. The van der Waals surface area contributed by atoms with E-state index in [-0.39, 0.29) is 0 Å². The normalized spacial score (nSPS) is 12.6. The lowest BCUT2D eigenvalue weighted by Crippen LogP contribution is -2.27. The Morgan fingerprint density at radius 2 is 1.84 bits per heavy atom. The Labute approximate surface area is 121 Å². The van der Waals surface area contributed by atoms with E-state index in [1.807, 2.05) is 12.1 Å². The van der Waals surface area contributed by atoms with E-state index in [4.69, 9.17) is 21.1 Å². The summed E-state index contributed by atoms with van der Waals surface area (Å²) >= 11 is 6.34. The predicted molar refractivity (Wildman–Crippen MR) is 80.3 cm³/mol. The van der Waals surface area contributed by atoms with E-state index in [1.54, 1.807) is 14.2 Å². The average Bonchev–Trinajstić information content (AvgIpc) is 2.36. The highest BCUT2D eigenvalue weighted by atomic mass is 35.5. The molecule has 4 heteroatoms. The molecule has 0 bridgehead atoms. The van der Waals surface area contributed by atoms with Crippen LogP contribution in [0.5, 0.6) is 11.5 Å². The molecule has 0 amide bonds. The standard InChI is InChI=1S/C15H24ClNO2/c1-10(2)8-11(3)17-9-12-6-7-13(18-4)15(19-5)14(12)16/h6-7,10-11,17H,8-9H2,1-5H3. The molecule has 0 aliphatic carbocycles. The van der Waals surface area contributed by atoms with Gasteiger partial charge in [0.1, 0.15) is 0 Å². The van der Waals surface area contributed by atoms with Gasteiger partial charge in [-0.3, -0.25) is 0 Å². The van der Waals surface area contributed by atoms with Crippen LogP contribution in [0.3, 0.4) is 0 Å². The summed E-state index contributed by atoms with van der Waals surface area (Å²) in [5.41, 5.74) is 1.02. The minimum absolute atomic E-state index is 0.462. The molecular weight excluding hydrogens is 262 g/mol. The second kappa shape index (κ2) is 7.61. The molecule has 0 spiro atoms. The van der Waals surface area contributed by atoms with Gasteiger partial charge in [0.25, 0.3) is 0 Å². The Hall–Kier alpha value is -0.930. The second-order valence-corrected chi connectivity index (χ2v) is 5.56. The van der Waals surface area contributed by atoms with Crippen molar-refractivity contribution in [1.29, 1.82) is 0 Å². The Morgan fingerprint density at radius 1 is 1.16 bits per heavy atom. The van der Waals surface area contributed by atoms with E-state index in [2.05, 4.69) is 26.1 Å². The lowest BCUT2D eigenvalue weighted by molar-refractivity contribution is 0.354. The summed E-state index contributed by atoms with van der Waals surface area (Å²) in [7, 11) is 3.21. The van der Waals surface area contributed by atoms with Crippen molar-refractivity contribution in [3.8, 4) is 11.5 Å². The molecule has 3 nitrogen and oxygen atoms in total. The number of benzene rings is 1. The highest BCUT2D eigenvalue weighted by Crippen LogP contribution is 2.37. The maximum absolute atomic E-state index is 6.34. The van der Waals surface area contributed by atoms with E-state index in [0.717, 1.165) is 18.5 Å². The van der Waals surface area contributed by atoms with Crippen molar-refractivity contribution in [3.05, 3.63) is 22.7 Å². The van der Waals surface area contributed by atoms with Gasteiger partial charge in [-0.05, 0) is 30.9 Å². The van der Waals surface area contributed by atoms with Gasteiger partial charge in [-0.2, -0.15) is 0 Å². The number of hydrogen-bond donors (Lipinski definition) is 1. The maximum atomic E-state index is 6.34. The van der Waals surface area contributed by atoms with Gasteiger partial charge in [0, 0.05) is 12.6 Å². The SMILES string of the molecule is COc1ccc(CNC(C)CC(C)C)c(Cl)c1OC. The van der Waals surface area contributed by atoms with Crippen LogP contribution in [-0.2, 0) is 6.54 Å². The maximum Gasteiger partial charge on any atom is 0.179 e. The summed E-state index contributed by atoms with van der Waals surface area (Å²) in [6.45, 7) is 7.37. The van der Waals surface area contributed by atoms with Crippen molar-refractivity contribution in [3.63, 3.8) is 0 Å². The molecule has 1 N–H and O–H groups in total. The molecule has 0 saturated heterocycles. The van der Waals surface area contributed by atoms with E-state index >= 15 is 0 Å². The molecule has 19 heavy (non-hydrogen) atoms. The third-order valence-electron chi connectivity index (χ3n) is 3.03. The van der Waals surface area contributed by atoms with Crippen LogP contribution in [0.25, 0.3) is 0 Å². The Kier molecular flexibility index (Phi) is 6.46. The van der Waals surface area contributed by atoms with E-state index in [1.165, 1.54) is 0 Å². The van der Waals surface area contributed by atoms with E-state index in [9.17, 15) is 0 Å². The number of hydrogen-bond acceptors (Lipinski definition) is 3. The fourth-order valence-electron chi connectivity index (χ4n) is 2.14. The fraction of sp³-hybridized carbons (Fsp3) is 0.600. The lowest BCUT2D eigenvalue weighted by Gasteiger charge is -2.18. The molecule has 0 aliphatic rings. The Morgan fingerprint density at radius 3 is 2.37 bits per heavy atom. The zero-order valence-corrected chi connectivity index (χ0v) is 13.2. The predicted octanol–water partition coefficient (Wildman–Crippen LogP) is 3.88. The van der Waals surface area contributed by atoms with Crippen LogP contribution in [-0.4, -0.2) is 20.3 Å². The summed E-state index contributed by atoms with van der Waals surface area (Å²) in [5.74, 6) is 1.94. The molecule has 1 aromatic carbocycles. The second-order valence-electron chi connectivity index (χ2n) is 5.19. The molecule has 0 radical (unpaired) electrons. The number of rotatable bonds is 7.